The molecule has 1 aliphatic rings. The molecule has 0 aromatic carbocycles. The summed E-state index contributed by atoms with van der Waals surface area (Å²) in [5, 5.41) is 0. The van der Waals surface area contributed by atoms with Crippen LogP contribution < -0.4 is 0 Å². The van der Waals surface area contributed by atoms with E-state index in [1.165, 1.54) is 0 Å². The standard InChI is InChI=1S/C6H8O2.C4H4O/c7-4-6-2-1-3-8-5-6;1-2-4-5-3-1/h1,3-4,6H,2,5H2;1-4H. The average molecular weight is 180 g/mol. The van der Waals surface area contributed by atoms with Crippen LogP contribution in [0.15, 0.2) is 41.4 Å². The Labute approximate surface area is 77.0 Å². The summed E-state index contributed by atoms with van der Waals surface area (Å²) in [6, 6.07) is 3.67. The van der Waals surface area contributed by atoms with Crippen molar-refractivity contribution in [2.24, 2.45) is 5.92 Å². The summed E-state index contributed by atoms with van der Waals surface area (Å²) >= 11 is 0. The maximum atomic E-state index is 10.0. The molecular formula is C10H12O3. The summed E-state index contributed by atoms with van der Waals surface area (Å²) in [5.74, 6) is 0.0972. The van der Waals surface area contributed by atoms with Crippen LogP contribution in [0.25, 0.3) is 0 Å². The van der Waals surface area contributed by atoms with E-state index in [0.717, 1.165) is 12.7 Å². The molecule has 1 atom stereocenters. The van der Waals surface area contributed by atoms with Gasteiger partial charge in [0.15, 0.2) is 0 Å². The third kappa shape index (κ3) is 4.15. The lowest BCUT2D eigenvalue weighted by atomic mass is 10.1. The van der Waals surface area contributed by atoms with Gasteiger partial charge in [0.25, 0.3) is 0 Å². The molecule has 3 heteroatoms. The van der Waals surface area contributed by atoms with Crippen LogP contribution in [0.2, 0.25) is 0 Å². The number of aldehydes is 1. The molecule has 0 amide bonds. The predicted octanol–water partition coefficient (Wildman–Crippen LogP) is 2.02. The number of hydrogen-bond donors (Lipinski definition) is 0. The highest BCUT2D eigenvalue weighted by atomic mass is 16.5. The van der Waals surface area contributed by atoms with Gasteiger partial charge in [0.05, 0.1) is 31.3 Å². The number of hydrogen-bond acceptors (Lipinski definition) is 3. The van der Waals surface area contributed by atoms with Gasteiger partial charge in [-0.15, -0.1) is 0 Å². The SMILES string of the molecule is O=CC1CC=COC1.c1ccoc1. The van der Waals surface area contributed by atoms with Gasteiger partial charge in [-0.2, -0.15) is 0 Å². The summed E-state index contributed by atoms with van der Waals surface area (Å²) in [6.07, 6.45) is 8.52. The Balaban J connectivity index is 0.000000145. The molecule has 0 aliphatic carbocycles. The molecular weight excluding hydrogens is 168 g/mol. The van der Waals surface area contributed by atoms with Crippen molar-refractivity contribution in [1.82, 2.24) is 0 Å². The fourth-order valence-electron chi connectivity index (χ4n) is 0.867. The van der Waals surface area contributed by atoms with Crippen molar-refractivity contribution in [3.63, 3.8) is 0 Å². The molecule has 0 saturated carbocycles. The average Bonchev–Trinajstić information content (AvgIpc) is 2.77. The molecule has 1 aliphatic heterocycles. The molecule has 0 fully saturated rings. The second kappa shape index (κ2) is 6.06. The molecule has 0 spiro atoms. The van der Waals surface area contributed by atoms with Gasteiger partial charge < -0.3 is 13.9 Å². The zero-order valence-corrected chi connectivity index (χ0v) is 7.26. The van der Waals surface area contributed by atoms with E-state index < -0.39 is 0 Å². The number of carbonyl (C=O) groups excluding carboxylic acids is 1. The molecule has 1 unspecified atom stereocenters. The molecule has 1 aromatic rings. The Bertz CT molecular complexity index is 221. The third-order valence-corrected chi connectivity index (χ3v) is 1.56. The minimum absolute atomic E-state index is 0.0972. The van der Waals surface area contributed by atoms with E-state index in [-0.39, 0.29) is 5.92 Å². The Hall–Kier alpha value is -1.51. The van der Waals surface area contributed by atoms with Gasteiger partial charge in [0.1, 0.15) is 6.29 Å². The fourth-order valence-corrected chi connectivity index (χ4v) is 0.867. The van der Waals surface area contributed by atoms with Gasteiger partial charge >= 0.3 is 0 Å². The third-order valence-electron chi connectivity index (χ3n) is 1.56. The Morgan fingerprint density at radius 3 is 2.38 bits per heavy atom. The lowest BCUT2D eigenvalue weighted by Gasteiger charge is -2.10. The first-order valence-corrected chi connectivity index (χ1v) is 4.12. The minimum atomic E-state index is 0.0972. The van der Waals surface area contributed by atoms with Crippen LogP contribution in [-0.4, -0.2) is 12.9 Å². The Morgan fingerprint density at radius 2 is 2.08 bits per heavy atom. The molecule has 3 nitrogen and oxygen atoms in total. The van der Waals surface area contributed by atoms with Crippen molar-refractivity contribution in [1.29, 1.82) is 0 Å². The summed E-state index contributed by atoms with van der Waals surface area (Å²) < 4.78 is 9.44. The van der Waals surface area contributed by atoms with E-state index in [2.05, 4.69) is 4.42 Å². The number of allylic oxidation sites excluding steroid dienone is 1. The maximum absolute atomic E-state index is 10.0. The number of furan rings is 1. The minimum Gasteiger partial charge on any atom is -0.501 e. The van der Waals surface area contributed by atoms with E-state index in [1.807, 2.05) is 18.2 Å². The molecule has 0 bridgehead atoms. The number of rotatable bonds is 1. The van der Waals surface area contributed by atoms with E-state index in [9.17, 15) is 4.79 Å². The molecule has 2 rings (SSSR count). The fraction of sp³-hybridized carbons (Fsp3) is 0.300. The van der Waals surface area contributed by atoms with Crippen LogP contribution in [0, 0.1) is 5.92 Å². The predicted molar refractivity (Wildman–Crippen MR) is 48.0 cm³/mol. The van der Waals surface area contributed by atoms with Crippen molar-refractivity contribution >= 4 is 6.29 Å². The smallest absolute Gasteiger partial charge is 0.126 e. The molecule has 2 heterocycles. The van der Waals surface area contributed by atoms with Crippen molar-refractivity contribution < 1.29 is 13.9 Å². The number of ether oxygens (including phenoxy) is 1. The van der Waals surface area contributed by atoms with Crippen molar-refractivity contribution in [2.45, 2.75) is 6.42 Å². The van der Waals surface area contributed by atoms with E-state index in [4.69, 9.17) is 4.74 Å². The first kappa shape index (κ1) is 9.58. The highest BCUT2D eigenvalue weighted by molar-refractivity contribution is 5.54. The van der Waals surface area contributed by atoms with Crippen LogP contribution in [0.1, 0.15) is 6.42 Å². The molecule has 0 saturated heterocycles. The monoisotopic (exact) mass is 180 g/mol. The zero-order valence-electron chi connectivity index (χ0n) is 7.26. The lowest BCUT2D eigenvalue weighted by Crippen LogP contribution is -2.10. The second-order valence-corrected chi connectivity index (χ2v) is 2.63. The zero-order chi connectivity index (χ0) is 9.36. The highest BCUT2D eigenvalue weighted by Gasteiger charge is 2.07. The Morgan fingerprint density at radius 1 is 1.31 bits per heavy atom. The molecule has 70 valence electrons. The van der Waals surface area contributed by atoms with Crippen molar-refractivity contribution in [3.8, 4) is 0 Å². The summed E-state index contributed by atoms with van der Waals surface area (Å²) in [7, 11) is 0. The maximum Gasteiger partial charge on any atom is 0.126 e. The van der Waals surface area contributed by atoms with Gasteiger partial charge in [-0.25, -0.2) is 0 Å². The molecule has 1 aromatic heterocycles. The van der Waals surface area contributed by atoms with Gasteiger partial charge in [-0.05, 0) is 24.6 Å². The first-order chi connectivity index (χ1) is 6.43. The summed E-state index contributed by atoms with van der Waals surface area (Å²) in [5.41, 5.74) is 0. The number of carbonyl (C=O) groups is 1. The quantitative estimate of drug-likeness (QED) is 0.620. The van der Waals surface area contributed by atoms with Crippen molar-refractivity contribution in [2.75, 3.05) is 6.61 Å². The van der Waals surface area contributed by atoms with Crippen LogP contribution in [0.5, 0.6) is 0 Å². The van der Waals surface area contributed by atoms with Crippen LogP contribution >= 0.6 is 0 Å². The van der Waals surface area contributed by atoms with Crippen LogP contribution in [0.4, 0.5) is 0 Å². The van der Waals surface area contributed by atoms with E-state index >= 15 is 0 Å². The van der Waals surface area contributed by atoms with Gasteiger partial charge in [-0.1, -0.05) is 0 Å². The summed E-state index contributed by atoms with van der Waals surface area (Å²) in [4.78, 5) is 10.0. The highest BCUT2D eigenvalue weighted by Crippen LogP contribution is 2.06. The second-order valence-electron chi connectivity index (χ2n) is 2.63. The van der Waals surface area contributed by atoms with Crippen LogP contribution in [0.3, 0.4) is 0 Å². The van der Waals surface area contributed by atoms with E-state index in [0.29, 0.717) is 6.61 Å². The van der Waals surface area contributed by atoms with Gasteiger partial charge in [-0.3, -0.25) is 0 Å². The van der Waals surface area contributed by atoms with Gasteiger partial charge in [0, 0.05) is 0 Å². The lowest BCUT2D eigenvalue weighted by molar-refractivity contribution is -0.112. The normalized spacial score (nSPS) is 19.5. The first-order valence-electron chi connectivity index (χ1n) is 4.12. The Kier molecular flexibility index (Phi) is 4.46. The molecule has 0 radical (unpaired) electrons. The molecule has 0 N–H and O–H groups in total. The van der Waals surface area contributed by atoms with Crippen molar-refractivity contribution in [3.05, 3.63) is 37.0 Å². The molecule has 13 heavy (non-hydrogen) atoms. The largest absolute Gasteiger partial charge is 0.501 e. The van der Waals surface area contributed by atoms with Gasteiger partial charge in [0.2, 0.25) is 0 Å². The van der Waals surface area contributed by atoms with E-state index in [1.54, 1.807) is 18.8 Å². The summed E-state index contributed by atoms with van der Waals surface area (Å²) in [6.45, 7) is 0.556. The topological polar surface area (TPSA) is 39.4 Å². The van der Waals surface area contributed by atoms with Crippen LogP contribution in [-0.2, 0) is 9.53 Å².